The number of aliphatic carboxylic acids is 1. The number of furan rings is 1. The summed E-state index contributed by atoms with van der Waals surface area (Å²) < 4.78 is 5.13. The second-order valence-corrected chi connectivity index (χ2v) is 3.34. The third-order valence-electron chi connectivity index (χ3n) is 2.21. The van der Waals surface area contributed by atoms with Crippen LogP contribution >= 0.6 is 0 Å². The van der Waals surface area contributed by atoms with E-state index in [1.165, 1.54) is 6.26 Å². The molecule has 2 aromatic heterocycles. The molecular weight excluding hydrogens is 194 g/mol. The van der Waals surface area contributed by atoms with E-state index in [1.54, 1.807) is 0 Å². The van der Waals surface area contributed by atoms with Gasteiger partial charge in [-0.3, -0.25) is 4.79 Å². The second-order valence-electron chi connectivity index (χ2n) is 3.34. The fourth-order valence-corrected chi connectivity index (χ4v) is 1.51. The molecule has 0 aliphatic heterocycles. The molecule has 0 saturated carbocycles. The van der Waals surface area contributed by atoms with Crippen molar-refractivity contribution in [2.45, 2.75) is 12.8 Å². The van der Waals surface area contributed by atoms with Crippen molar-refractivity contribution < 1.29 is 14.3 Å². The van der Waals surface area contributed by atoms with Gasteiger partial charge in [0.05, 0.1) is 6.26 Å². The molecule has 0 unspecified atom stereocenters. The second kappa shape index (κ2) is 4.04. The van der Waals surface area contributed by atoms with Crippen molar-refractivity contribution in [1.82, 2.24) is 4.98 Å². The lowest BCUT2D eigenvalue weighted by Crippen LogP contribution is -2.01. The van der Waals surface area contributed by atoms with Crippen molar-refractivity contribution in [3.63, 3.8) is 0 Å². The maximum Gasteiger partial charge on any atom is 0.311 e. The van der Waals surface area contributed by atoms with Gasteiger partial charge in [-0.2, -0.15) is 0 Å². The average molecular weight is 205 g/mol. The van der Waals surface area contributed by atoms with Gasteiger partial charge in [0, 0.05) is 18.8 Å². The van der Waals surface area contributed by atoms with Gasteiger partial charge in [0.1, 0.15) is 12.2 Å². The first-order valence-corrected chi connectivity index (χ1v) is 4.64. The van der Waals surface area contributed by atoms with Crippen LogP contribution in [-0.4, -0.2) is 16.1 Å². The summed E-state index contributed by atoms with van der Waals surface area (Å²) in [5, 5.41) is 8.67. The summed E-state index contributed by atoms with van der Waals surface area (Å²) in [6.07, 6.45) is 5.89. The molecule has 0 aliphatic carbocycles. The highest BCUT2D eigenvalue weighted by Gasteiger charge is 2.10. The van der Waals surface area contributed by atoms with E-state index < -0.39 is 5.97 Å². The zero-order valence-electron chi connectivity index (χ0n) is 8.06. The third-order valence-corrected chi connectivity index (χ3v) is 2.21. The zero-order valence-corrected chi connectivity index (χ0v) is 8.06. The maximum absolute atomic E-state index is 10.6. The molecule has 0 spiro atoms. The number of aromatic amines is 1. The van der Waals surface area contributed by atoms with Gasteiger partial charge in [-0.05, 0) is 23.3 Å². The topological polar surface area (TPSA) is 66.2 Å². The molecule has 0 saturated heterocycles. The first kappa shape index (κ1) is 9.58. The molecular formula is C11H11NO3. The van der Waals surface area contributed by atoms with E-state index in [0.717, 1.165) is 11.1 Å². The first-order valence-electron chi connectivity index (χ1n) is 4.64. The Morgan fingerprint density at radius 3 is 3.00 bits per heavy atom. The van der Waals surface area contributed by atoms with Crippen LogP contribution in [0.3, 0.4) is 0 Å². The first-order chi connectivity index (χ1) is 7.25. The minimum Gasteiger partial charge on any atom is -0.481 e. The van der Waals surface area contributed by atoms with Crippen molar-refractivity contribution in [2.24, 2.45) is 0 Å². The van der Waals surface area contributed by atoms with E-state index in [0.29, 0.717) is 12.2 Å². The van der Waals surface area contributed by atoms with E-state index in [4.69, 9.17) is 9.52 Å². The SMILES string of the molecule is O=C(O)Cc1occc1Cc1cc[nH]c1. The van der Waals surface area contributed by atoms with Gasteiger partial charge in [0.2, 0.25) is 0 Å². The highest BCUT2D eigenvalue weighted by molar-refractivity contribution is 5.69. The molecule has 2 rings (SSSR count). The van der Waals surface area contributed by atoms with Crippen LogP contribution in [0, 0.1) is 0 Å². The molecule has 2 N–H and O–H groups in total. The maximum atomic E-state index is 10.6. The molecule has 0 aromatic carbocycles. The summed E-state index contributed by atoms with van der Waals surface area (Å²) in [5.74, 6) is -0.344. The van der Waals surface area contributed by atoms with Crippen LogP contribution in [-0.2, 0) is 17.6 Å². The standard InChI is InChI=1S/C11H11NO3/c13-11(14)6-10-9(2-4-15-10)5-8-1-3-12-7-8/h1-4,7,12H,5-6H2,(H,13,14). The van der Waals surface area contributed by atoms with Crippen molar-refractivity contribution in [3.05, 3.63) is 47.7 Å². The summed E-state index contributed by atoms with van der Waals surface area (Å²) in [6, 6.07) is 3.77. The number of carbonyl (C=O) groups is 1. The van der Waals surface area contributed by atoms with Crippen LogP contribution in [0.4, 0.5) is 0 Å². The van der Waals surface area contributed by atoms with Gasteiger partial charge in [-0.1, -0.05) is 0 Å². The smallest absolute Gasteiger partial charge is 0.311 e. The van der Waals surface area contributed by atoms with E-state index in [-0.39, 0.29) is 6.42 Å². The predicted octanol–water partition coefficient (Wildman–Crippen LogP) is 1.83. The Labute approximate surface area is 86.5 Å². The number of rotatable bonds is 4. The van der Waals surface area contributed by atoms with Crippen LogP contribution in [0.1, 0.15) is 16.9 Å². The highest BCUT2D eigenvalue weighted by Crippen LogP contribution is 2.15. The van der Waals surface area contributed by atoms with Gasteiger partial charge in [0.25, 0.3) is 0 Å². The summed E-state index contributed by atoms with van der Waals surface area (Å²) in [7, 11) is 0. The van der Waals surface area contributed by atoms with Crippen LogP contribution in [0.5, 0.6) is 0 Å². The summed E-state index contributed by atoms with van der Waals surface area (Å²) in [5.41, 5.74) is 2.04. The van der Waals surface area contributed by atoms with E-state index in [1.807, 2.05) is 24.5 Å². The quantitative estimate of drug-likeness (QED) is 0.800. The van der Waals surface area contributed by atoms with Crippen LogP contribution in [0.25, 0.3) is 0 Å². The van der Waals surface area contributed by atoms with Gasteiger partial charge in [-0.15, -0.1) is 0 Å². The van der Waals surface area contributed by atoms with E-state index >= 15 is 0 Å². The number of hydrogen-bond donors (Lipinski definition) is 2. The Morgan fingerprint density at radius 1 is 1.47 bits per heavy atom. The summed E-state index contributed by atoms with van der Waals surface area (Å²) >= 11 is 0. The molecule has 15 heavy (non-hydrogen) atoms. The lowest BCUT2D eigenvalue weighted by Gasteiger charge is -1.98. The monoisotopic (exact) mass is 205 g/mol. The molecule has 0 bridgehead atoms. The number of aromatic nitrogens is 1. The van der Waals surface area contributed by atoms with Gasteiger partial charge in [-0.25, -0.2) is 0 Å². The van der Waals surface area contributed by atoms with E-state index in [2.05, 4.69) is 4.98 Å². The fraction of sp³-hybridized carbons (Fsp3) is 0.182. The molecule has 0 fully saturated rings. The van der Waals surface area contributed by atoms with Crippen molar-refractivity contribution in [2.75, 3.05) is 0 Å². The molecule has 4 heteroatoms. The normalized spacial score (nSPS) is 10.4. The molecule has 0 amide bonds. The zero-order chi connectivity index (χ0) is 10.7. The molecule has 78 valence electrons. The van der Waals surface area contributed by atoms with Gasteiger partial charge < -0.3 is 14.5 Å². The Morgan fingerprint density at radius 2 is 2.33 bits per heavy atom. The summed E-state index contributed by atoms with van der Waals surface area (Å²) in [6.45, 7) is 0. The Bertz CT molecular complexity index is 442. The minimum absolute atomic E-state index is 0.0627. The Hall–Kier alpha value is -1.97. The number of carboxylic acid groups (broad SMARTS) is 1. The number of H-pyrrole nitrogens is 1. The lowest BCUT2D eigenvalue weighted by atomic mass is 10.1. The van der Waals surface area contributed by atoms with Gasteiger partial charge in [0.15, 0.2) is 0 Å². The van der Waals surface area contributed by atoms with Gasteiger partial charge >= 0.3 is 5.97 Å². The van der Waals surface area contributed by atoms with E-state index in [9.17, 15) is 4.79 Å². The minimum atomic E-state index is -0.875. The lowest BCUT2D eigenvalue weighted by molar-refractivity contribution is -0.136. The molecule has 2 aromatic rings. The van der Waals surface area contributed by atoms with Crippen molar-refractivity contribution >= 4 is 5.97 Å². The Kier molecular flexibility index (Phi) is 2.58. The third kappa shape index (κ3) is 2.28. The number of nitrogens with one attached hydrogen (secondary N) is 1. The fourth-order valence-electron chi connectivity index (χ4n) is 1.51. The number of carboxylic acids is 1. The average Bonchev–Trinajstić information content (AvgIpc) is 2.78. The highest BCUT2D eigenvalue weighted by atomic mass is 16.4. The molecule has 0 radical (unpaired) electrons. The molecule has 0 aliphatic rings. The van der Waals surface area contributed by atoms with Crippen LogP contribution in [0.2, 0.25) is 0 Å². The summed E-state index contributed by atoms with van der Waals surface area (Å²) in [4.78, 5) is 13.5. The molecule has 2 heterocycles. The Balaban J connectivity index is 2.14. The molecule has 4 nitrogen and oxygen atoms in total. The van der Waals surface area contributed by atoms with Crippen molar-refractivity contribution in [3.8, 4) is 0 Å². The van der Waals surface area contributed by atoms with Crippen LogP contribution in [0.15, 0.2) is 35.2 Å². The number of hydrogen-bond acceptors (Lipinski definition) is 2. The molecule has 0 atom stereocenters. The largest absolute Gasteiger partial charge is 0.481 e. The van der Waals surface area contributed by atoms with Crippen LogP contribution < -0.4 is 0 Å². The van der Waals surface area contributed by atoms with Crippen molar-refractivity contribution in [1.29, 1.82) is 0 Å². The predicted molar refractivity (Wildman–Crippen MR) is 53.6 cm³/mol.